The molecule has 7 heteroatoms. The molecule has 0 saturated carbocycles. The maximum atomic E-state index is 10.9. The lowest BCUT2D eigenvalue weighted by Crippen LogP contribution is -2.02. The summed E-state index contributed by atoms with van der Waals surface area (Å²) in [4.78, 5) is 0. The van der Waals surface area contributed by atoms with Gasteiger partial charge in [-0.3, -0.25) is 4.18 Å². The molecule has 0 amide bonds. The Morgan fingerprint density at radius 1 is 1.50 bits per heavy atom. The van der Waals surface area contributed by atoms with Gasteiger partial charge in [0, 0.05) is 9.86 Å². The molecule has 0 unspecified atom stereocenters. The highest BCUT2D eigenvalue weighted by Crippen LogP contribution is 2.26. The summed E-state index contributed by atoms with van der Waals surface area (Å²) in [7, 11) is -3.43. The van der Waals surface area contributed by atoms with Crippen LogP contribution in [0.5, 0.6) is 0 Å². The Kier molecular flexibility index (Phi) is 3.29. The van der Waals surface area contributed by atoms with Gasteiger partial charge in [0.25, 0.3) is 10.1 Å². The Labute approximate surface area is 106 Å². The van der Waals surface area contributed by atoms with Crippen molar-refractivity contribution in [2.75, 3.05) is 6.26 Å². The van der Waals surface area contributed by atoms with Gasteiger partial charge in [0.15, 0.2) is 0 Å². The number of benzene rings is 1. The molecule has 0 radical (unpaired) electrons. The third-order valence-electron chi connectivity index (χ3n) is 1.92. The zero-order valence-corrected chi connectivity index (χ0v) is 11.5. The fraction of sp³-hybridized carbons (Fsp3) is 0.222. The summed E-state index contributed by atoms with van der Waals surface area (Å²) in [5, 5.41) is 0.919. The van der Waals surface area contributed by atoms with E-state index < -0.39 is 10.1 Å². The Balaban J connectivity index is 2.34. The smallest absolute Gasteiger partial charge is 0.264 e. The van der Waals surface area contributed by atoms with Gasteiger partial charge in [0.2, 0.25) is 0 Å². The predicted octanol–water partition coefficient (Wildman–Crippen LogP) is 2.54. The van der Waals surface area contributed by atoms with Crippen LogP contribution in [-0.4, -0.2) is 19.0 Å². The zero-order valence-electron chi connectivity index (χ0n) is 8.31. The summed E-state index contributed by atoms with van der Waals surface area (Å²) in [6.07, 6.45) is 1.03. The maximum absolute atomic E-state index is 10.9. The number of hydrogen-bond acceptors (Lipinski definition) is 5. The normalized spacial score (nSPS) is 12.1. The van der Waals surface area contributed by atoms with E-state index >= 15 is 0 Å². The van der Waals surface area contributed by atoms with Crippen LogP contribution in [0.4, 0.5) is 0 Å². The van der Waals surface area contributed by atoms with Crippen LogP contribution >= 0.6 is 27.5 Å². The highest BCUT2D eigenvalue weighted by molar-refractivity contribution is 9.10. The van der Waals surface area contributed by atoms with Crippen molar-refractivity contribution in [2.24, 2.45) is 0 Å². The molecule has 16 heavy (non-hydrogen) atoms. The molecule has 0 saturated heterocycles. The van der Waals surface area contributed by atoms with Crippen molar-refractivity contribution in [3.8, 4) is 0 Å². The lowest BCUT2D eigenvalue weighted by atomic mass is 10.2. The Morgan fingerprint density at radius 2 is 2.25 bits per heavy atom. The van der Waals surface area contributed by atoms with E-state index in [0.717, 1.165) is 20.8 Å². The van der Waals surface area contributed by atoms with Crippen LogP contribution in [0.1, 0.15) is 5.69 Å². The molecular formula is C9H8BrNO3S2. The SMILES string of the molecule is CS(=O)(=O)OCc1nsc2ccc(Br)cc12. The molecule has 1 heterocycles. The molecule has 2 aromatic rings. The minimum Gasteiger partial charge on any atom is -0.264 e. The standard InChI is InChI=1S/C9H8BrNO3S2/c1-16(12,13)14-5-8-7-4-6(10)2-3-9(7)15-11-8/h2-4H,5H2,1H3. The van der Waals surface area contributed by atoms with Crippen molar-refractivity contribution in [1.82, 2.24) is 4.37 Å². The van der Waals surface area contributed by atoms with Gasteiger partial charge in [-0.2, -0.15) is 12.8 Å². The second kappa shape index (κ2) is 4.40. The van der Waals surface area contributed by atoms with E-state index in [0.29, 0.717) is 5.69 Å². The van der Waals surface area contributed by atoms with Gasteiger partial charge >= 0.3 is 0 Å². The molecule has 0 spiro atoms. The first kappa shape index (κ1) is 12.0. The number of fused-ring (bicyclic) bond motifs is 1. The molecule has 1 aromatic carbocycles. The topological polar surface area (TPSA) is 56.3 Å². The molecule has 2 rings (SSSR count). The van der Waals surface area contributed by atoms with Crippen LogP contribution in [0, 0.1) is 0 Å². The molecule has 86 valence electrons. The van der Waals surface area contributed by atoms with E-state index in [1.165, 1.54) is 11.5 Å². The molecule has 0 atom stereocenters. The molecule has 1 aromatic heterocycles. The second-order valence-electron chi connectivity index (χ2n) is 3.24. The first-order valence-electron chi connectivity index (χ1n) is 4.34. The lowest BCUT2D eigenvalue weighted by Gasteiger charge is -1.98. The molecule has 0 N–H and O–H groups in total. The minimum atomic E-state index is -3.43. The van der Waals surface area contributed by atoms with Crippen LogP contribution in [0.3, 0.4) is 0 Å². The van der Waals surface area contributed by atoms with Gasteiger partial charge < -0.3 is 0 Å². The van der Waals surface area contributed by atoms with E-state index in [1.807, 2.05) is 18.2 Å². The van der Waals surface area contributed by atoms with Crippen LogP contribution in [0.25, 0.3) is 10.1 Å². The maximum Gasteiger partial charge on any atom is 0.264 e. The van der Waals surface area contributed by atoms with Crippen molar-refractivity contribution in [3.63, 3.8) is 0 Å². The average Bonchev–Trinajstić information content (AvgIpc) is 2.56. The highest BCUT2D eigenvalue weighted by atomic mass is 79.9. The summed E-state index contributed by atoms with van der Waals surface area (Å²) in [6, 6.07) is 5.75. The molecule has 0 bridgehead atoms. The summed E-state index contributed by atoms with van der Waals surface area (Å²) in [5.41, 5.74) is 0.645. The highest BCUT2D eigenvalue weighted by Gasteiger charge is 2.09. The third-order valence-corrected chi connectivity index (χ3v) is 3.82. The predicted molar refractivity (Wildman–Crippen MR) is 67.0 cm³/mol. The Bertz CT molecular complexity index is 621. The Hall–Kier alpha value is -0.500. The van der Waals surface area contributed by atoms with Gasteiger partial charge in [-0.25, -0.2) is 0 Å². The van der Waals surface area contributed by atoms with Crippen molar-refractivity contribution >= 4 is 47.7 Å². The fourth-order valence-corrected chi connectivity index (χ4v) is 2.68. The van der Waals surface area contributed by atoms with E-state index in [4.69, 9.17) is 4.18 Å². The second-order valence-corrected chi connectivity index (χ2v) is 6.60. The number of halogens is 1. The Morgan fingerprint density at radius 3 is 2.94 bits per heavy atom. The molecule has 0 aliphatic rings. The number of aromatic nitrogens is 1. The zero-order chi connectivity index (χ0) is 11.8. The van der Waals surface area contributed by atoms with Gasteiger partial charge in [-0.15, -0.1) is 0 Å². The van der Waals surface area contributed by atoms with Gasteiger partial charge in [-0.05, 0) is 29.7 Å². The summed E-state index contributed by atoms with van der Waals surface area (Å²) in [5.74, 6) is 0. The van der Waals surface area contributed by atoms with E-state index in [-0.39, 0.29) is 6.61 Å². The first-order valence-corrected chi connectivity index (χ1v) is 7.72. The van der Waals surface area contributed by atoms with Crippen LogP contribution in [0.2, 0.25) is 0 Å². The van der Waals surface area contributed by atoms with Gasteiger partial charge in [0.05, 0.1) is 16.6 Å². The largest absolute Gasteiger partial charge is 0.264 e. The summed E-state index contributed by atoms with van der Waals surface area (Å²) < 4.78 is 32.6. The first-order chi connectivity index (χ1) is 7.46. The molecular weight excluding hydrogens is 314 g/mol. The van der Waals surface area contributed by atoms with Gasteiger partial charge in [0.1, 0.15) is 6.61 Å². The minimum absolute atomic E-state index is 0.0186. The van der Waals surface area contributed by atoms with Crippen molar-refractivity contribution in [1.29, 1.82) is 0 Å². The molecule has 4 nitrogen and oxygen atoms in total. The van der Waals surface area contributed by atoms with Crippen molar-refractivity contribution in [2.45, 2.75) is 6.61 Å². The van der Waals surface area contributed by atoms with Crippen molar-refractivity contribution in [3.05, 3.63) is 28.4 Å². The van der Waals surface area contributed by atoms with E-state index in [2.05, 4.69) is 20.3 Å². The third kappa shape index (κ3) is 2.79. The number of hydrogen-bond donors (Lipinski definition) is 0. The van der Waals surface area contributed by atoms with Crippen LogP contribution in [0.15, 0.2) is 22.7 Å². The molecule has 0 aliphatic heterocycles. The van der Waals surface area contributed by atoms with E-state index in [1.54, 1.807) is 0 Å². The number of rotatable bonds is 3. The summed E-state index contributed by atoms with van der Waals surface area (Å²) >= 11 is 4.69. The quantitative estimate of drug-likeness (QED) is 0.815. The monoisotopic (exact) mass is 321 g/mol. The molecule has 0 aliphatic carbocycles. The fourth-order valence-electron chi connectivity index (χ4n) is 1.23. The van der Waals surface area contributed by atoms with Crippen LogP contribution in [-0.2, 0) is 20.9 Å². The van der Waals surface area contributed by atoms with Crippen LogP contribution < -0.4 is 0 Å². The molecule has 0 fully saturated rings. The number of nitrogens with zero attached hydrogens (tertiary/aromatic N) is 1. The summed E-state index contributed by atoms with van der Waals surface area (Å²) in [6.45, 7) is -0.0186. The van der Waals surface area contributed by atoms with Gasteiger partial charge in [-0.1, -0.05) is 15.9 Å². The average molecular weight is 322 g/mol. The lowest BCUT2D eigenvalue weighted by molar-refractivity contribution is 0.310. The van der Waals surface area contributed by atoms with E-state index in [9.17, 15) is 8.42 Å². The van der Waals surface area contributed by atoms with Crippen molar-refractivity contribution < 1.29 is 12.6 Å².